The molecule has 0 spiro atoms. The van der Waals surface area contributed by atoms with Crippen LogP contribution >= 0.6 is 11.8 Å². The van der Waals surface area contributed by atoms with Crippen LogP contribution in [-0.2, 0) is 44.7 Å². The molecule has 0 radical (unpaired) electrons. The highest BCUT2D eigenvalue weighted by molar-refractivity contribution is 7.99. The summed E-state index contributed by atoms with van der Waals surface area (Å²) in [6.07, 6.45) is 32.9. The fourth-order valence-corrected chi connectivity index (χ4v) is 9.19. The van der Waals surface area contributed by atoms with Crippen molar-refractivity contribution in [3.05, 3.63) is 35.4 Å². The van der Waals surface area contributed by atoms with E-state index in [-0.39, 0.29) is 50.1 Å². The first-order valence-corrected chi connectivity index (χ1v) is 29.7. The second kappa shape index (κ2) is 41.7. The van der Waals surface area contributed by atoms with Crippen molar-refractivity contribution in [2.45, 2.75) is 284 Å². The number of ether oxygens (including phenoxy) is 3. The fraction of sp³-hybridized carbons (Fsp3) is 0.797. The van der Waals surface area contributed by atoms with E-state index in [2.05, 4.69) is 29.8 Å². The molecule has 1 aromatic carbocycles. The van der Waals surface area contributed by atoms with Gasteiger partial charge in [-0.2, -0.15) is 11.8 Å². The lowest BCUT2D eigenvalue weighted by molar-refractivity contribution is -0.158. The molecule has 0 aromatic heterocycles. The first-order chi connectivity index (χ1) is 34.4. The molecule has 1 rings (SSSR count). The minimum Gasteiger partial charge on any atom is -0.460 e. The highest BCUT2D eigenvalue weighted by Crippen LogP contribution is 2.18. The number of hydrogen-bond acceptors (Lipinski definition) is 10. The summed E-state index contributed by atoms with van der Waals surface area (Å²) in [4.78, 5) is 77.3. The number of carbonyl (C=O) groups is 6. The highest BCUT2D eigenvalue weighted by atomic mass is 32.2. The van der Waals surface area contributed by atoms with E-state index >= 15 is 0 Å². The molecule has 13 heteroatoms. The Morgan fingerprint density at radius 1 is 0.514 bits per heavy atom. The Hall–Kier alpha value is -3.61. The lowest BCUT2D eigenvalue weighted by Gasteiger charge is -2.25. The third-order valence-electron chi connectivity index (χ3n) is 12.4. The van der Waals surface area contributed by atoms with Gasteiger partial charge in [0.25, 0.3) is 5.91 Å². The van der Waals surface area contributed by atoms with Gasteiger partial charge in [-0.25, -0.2) is 4.79 Å². The number of benzene rings is 1. The largest absolute Gasteiger partial charge is 0.460 e. The van der Waals surface area contributed by atoms with Crippen LogP contribution in [0.4, 0.5) is 0 Å². The zero-order chi connectivity index (χ0) is 53.3. The molecule has 0 saturated heterocycles. The van der Waals surface area contributed by atoms with E-state index in [1.54, 1.807) is 65.8 Å². The van der Waals surface area contributed by atoms with Gasteiger partial charge >= 0.3 is 17.9 Å². The minimum atomic E-state index is -1.06. The van der Waals surface area contributed by atoms with Crippen LogP contribution in [0.3, 0.4) is 0 Å². The second-order valence-electron chi connectivity index (χ2n) is 21.9. The van der Waals surface area contributed by atoms with Gasteiger partial charge in [0.1, 0.15) is 23.3 Å². The molecule has 0 aliphatic rings. The second-order valence-corrected chi connectivity index (χ2v) is 23.0. The predicted molar refractivity (Wildman–Crippen MR) is 296 cm³/mol. The normalized spacial score (nSPS) is 12.4. The molecule has 1 unspecified atom stereocenters. The molecule has 0 fully saturated rings. The standard InChI is InChI=1S/C59H103N3O9S/c1-9-11-13-15-17-19-21-23-25-27-29-31-33-35-52(63)61-46-50(69-54(65)36-34-32-30-28-26-24-22-20-18-16-14-12-10-2)47-72-44-43-53(64)60-45-48-37-39-49(40-38-48)56(67)62-51(57(68)71-59(6,7)8)41-42-55(66)70-58(3,4)5/h37-40,50-51H,9-36,41-47H2,1-8H3,(H,60,64)(H,61,63)(H,62,67)/t50?,51-/m0/s1. The monoisotopic (exact) mass is 1030 g/mol. The van der Waals surface area contributed by atoms with Gasteiger partial charge in [-0.1, -0.05) is 180 Å². The molecule has 3 amide bonds. The quantitative estimate of drug-likeness (QED) is 0.0325. The van der Waals surface area contributed by atoms with Gasteiger partial charge in [0, 0.05) is 49.3 Å². The van der Waals surface area contributed by atoms with E-state index in [4.69, 9.17) is 14.2 Å². The first kappa shape index (κ1) is 66.4. The zero-order valence-electron chi connectivity index (χ0n) is 46.8. The van der Waals surface area contributed by atoms with Crippen molar-refractivity contribution >= 4 is 47.4 Å². The molecule has 0 aliphatic carbocycles. The molecular weight excluding hydrogens is 927 g/mol. The molecule has 72 heavy (non-hydrogen) atoms. The lowest BCUT2D eigenvalue weighted by Crippen LogP contribution is -2.44. The van der Waals surface area contributed by atoms with Crippen molar-refractivity contribution in [1.29, 1.82) is 0 Å². The number of unbranched alkanes of at least 4 members (excludes halogenated alkanes) is 24. The van der Waals surface area contributed by atoms with Crippen molar-refractivity contribution in [1.82, 2.24) is 16.0 Å². The number of esters is 3. The number of amides is 3. The predicted octanol–water partition coefficient (Wildman–Crippen LogP) is 14.0. The molecule has 2 atom stereocenters. The zero-order valence-corrected chi connectivity index (χ0v) is 47.6. The van der Waals surface area contributed by atoms with E-state index in [0.717, 1.165) is 44.1 Å². The molecule has 414 valence electrons. The van der Waals surface area contributed by atoms with Crippen LogP contribution in [0, 0.1) is 0 Å². The number of nitrogens with one attached hydrogen (secondary N) is 3. The van der Waals surface area contributed by atoms with E-state index < -0.39 is 41.2 Å². The Balaban J connectivity index is 2.59. The summed E-state index contributed by atoms with van der Waals surface area (Å²) in [5.41, 5.74) is -0.377. The van der Waals surface area contributed by atoms with Crippen LogP contribution in [0.1, 0.15) is 270 Å². The number of carbonyl (C=O) groups excluding carboxylic acids is 6. The average Bonchev–Trinajstić information content (AvgIpc) is 3.32. The SMILES string of the molecule is CCCCCCCCCCCCCCCC(=O)NCC(CSCCC(=O)NCc1ccc(C(=O)N[C@@H](CCC(=O)OC(C)(C)C)C(=O)OC(C)(C)C)cc1)OC(=O)CCCCCCCCCCCCCCC. The van der Waals surface area contributed by atoms with Crippen LogP contribution in [-0.4, -0.2) is 77.0 Å². The summed E-state index contributed by atoms with van der Waals surface area (Å²) >= 11 is 1.52. The van der Waals surface area contributed by atoms with Gasteiger partial charge in [-0.3, -0.25) is 24.0 Å². The Morgan fingerprint density at radius 3 is 1.43 bits per heavy atom. The third-order valence-corrected chi connectivity index (χ3v) is 13.5. The lowest BCUT2D eigenvalue weighted by atomic mass is 10.0. The van der Waals surface area contributed by atoms with Crippen molar-refractivity contribution < 1.29 is 43.0 Å². The molecule has 0 bridgehead atoms. The summed E-state index contributed by atoms with van der Waals surface area (Å²) < 4.78 is 16.8. The van der Waals surface area contributed by atoms with Crippen molar-refractivity contribution in [2.24, 2.45) is 0 Å². The Bertz CT molecular complexity index is 1610. The topological polar surface area (TPSA) is 166 Å². The maximum absolute atomic E-state index is 13.2. The smallest absolute Gasteiger partial charge is 0.329 e. The highest BCUT2D eigenvalue weighted by Gasteiger charge is 2.29. The Kier molecular flexibility index (Phi) is 38.5. The van der Waals surface area contributed by atoms with E-state index in [0.29, 0.717) is 29.9 Å². The number of hydrogen-bond donors (Lipinski definition) is 3. The van der Waals surface area contributed by atoms with E-state index in [1.165, 1.54) is 140 Å². The van der Waals surface area contributed by atoms with Crippen LogP contribution < -0.4 is 16.0 Å². The van der Waals surface area contributed by atoms with Gasteiger partial charge in [-0.05, 0) is 78.5 Å². The first-order valence-electron chi connectivity index (χ1n) is 28.6. The van der Waals surface area contributed by atoms with Crippen LogP contribution in [0.5, 0.6) is 0 Å². The Labute approximate surface area is 442 Å². The van der Waals surface area contributed by atoms with Gasteiger partial charge < -0.3 is 30.2 Å². The van der Waals surface area contributed by atoms with Gasteiger partial charge in [0.2, 0.25) is 11.8 Å². The maximum atomic E-state index is 13.2. The third kappa shape index (κ3) is 39.9. The van der Waals surface area contributed by atoms with Gasteiger partial charge in [0.15, 0.2) is 0 Å². The molecule has 0 heterocycles. The summed E-state index contributed by atoms with van der Waals surface area (Å²) in [5.74, 6) is -1.04. The minimum absolute atomic E-state index is 0.0133. The van der Waals surface area contributed by atoms with Crippen molar-refractivity contribution in [3.8, 4) is 0 Å². The van der Waals surface area contributed by atoms with Gasteiger partial charge in [0.05, 0.1) is 6.54 Å². The molecular formula is C59H103N3O9S. The average molecular weight is 1030 g/mol. The van der Waals surface area contributed by atoms with Crippen LogP contribution in [0.25, 0.3) is 0 Å². The molecule has 0 saturated carbocycles. The summed E-state index contributed by atoms with van der Waals surface area (Å²) in [5, 5.41) is 8.66. The van der Waals surface area contributed by atoms with Gasteiger partial charge in [-0.15, -0.1) is 0 Å². The van der Waals surface area contributed by atoms with Crippen molar-refractivity contribution in [2.75, 3.05) is 18.1 Å². The van der Waals surface area contributed by atoms with E-state index in [1.807, 2.05) is 0 Å². The molecule has 12 nitrogen and oxygen atoms in total. The molecule has 1 aromatic rings. The van der Waals surface area contributed by atoms with E-state index in [9.17, 15) is 28.8 Å². The van der Waals surface area contributed by atoms with Crippen LogP contribution in [0.2, 0.25) is 0 Å². The number of rotatable bonds is 44. The van der Waals surface area contributed by atoms with Crippen LogP contribution in [0.15, 0.2) is 24.3 Å². The summed E-state index contributed by atoms with van der Waals surface area (Å²) in [6.45, 7) is 15.5. The van der Waals surface area contributed by atoms with Crippen molar-refractivity contribution in [3.63, 3.8) is 0 Å². The summed E-state index contributed by atoms with van der Waals surface area (Å²) in [7, 11) is 0. The summed E-state index contributed by atoms with van der Waals surface area (Å²) in [6, 6.07) is 5.64. The maximum Gasteiger partial charge on any atom is 0.329 e. The Morgan fingerprint density at radius 2 is 0.958 bits per heavy atom. The fourth-order valence-electron chi connectivity index (χ4n) is 8.25. The number of thioether (sulfide) groups is 1. The molecule has 3 N–H and O–H groups in total. The molecule has 0 aliphatic heterocycles.